The zero-order valence-electron chi connectivity index (χ0n) is 11.0. The Morgan fingerprint density at radius 3 is 2.63 bits per heavy atom. The van der Waals surface area contributed by atoms with Crippen molar-refractivity contribution in [2.75, 3.05) is 32.2 Å². The Morgan fingerprint density at radius 2 is 2.00 bits per heavy atom. The van der Waals surface area contributed by atoms with Crippen molar-refractivity contribution in [3.8, 4) is 5.75 Å². The van der Waals surface area contributed by atoms with Crippen molar-refractivity contribution >= 4 is 17.1 Å². The Bertz CT molecular complexity index is 562. The number of hydrogen-bond donors (Lipinski definition) is 2. The number of nitrogen functional groups attached to an aromatic ring is 2. The van der Waals surface area contributed by atoms with Crippen LogP contribution in [-0.2, 0) is 0 Å². The lowest BCUT2D eigenvalue weighted by atomic mass is 10.2. The number of nitrogens with zero attached hydrogens (tertiary/aromatic N) is 3. The predicted octanol–water partition coefficient (Wildman–Crippen LogP) is 2.29. The van der Waals surface area contributed by atoms with Crippen molar-refractivity contribution < 1.29 is 4.74 Å². The molecule has 1 aromatic carbocycles. The monoisotopic (exact) mass is 259 g/mol. The summed E-state index contributed by atoms with van der Waals surface area (Å²) in [5.74, 6) is 0.538. The van der Waals surface area contributed by atoms with Gasteiger partial charge in [-0.3, -0.25) is 0 Å². The molecule has 1 aliphatic heterocycles. The Hall–Kier alpha value is -2.50. The van der Waals surface area contributed by atoms with Gasteiger partial charge in [-0.15, -0.1) is 5.11 Å². The highest BCUT2D eigenvalue weighted by Crippen LogP contribution is 2.33. The number of ether oxygens (including phenoxy) is 1. The molecule has 0 unspecified atom stereocenters. The Balaban J connectivity index is 2.22. The van der Waals surface area contributed by atoms with E-state index in [1.165, 1.54) is 0 Å². The van der Waals surface area contributed by atoms with Gasteiger partial charge in [0, 0.05) is 25.9 Å². The third-order valence-electron chi connectivity index (χ3n) is 2.74. The lowest BCUT2D eigenvalue weighted by Gasteiger charge is -2.14. The van der Waals surface area contributed by atoms with Crippen molar-refractivity contribution in [2.45, 2.75) is 0 Å². The van der Waals surface area contributed by atoms with Crippen LogP contribution in [0, 0.1) is 0 Å². The second-order valence-corrected chi connectivity index (χ2v) is 4.24. The minimum Gasteiger partial charge on any atom is -0.495 e. The van der Waals surface area contributed by atoms with E-state index in [4.69, 9.17) is 16.2 Å². The average Bonchev–Trinajstić information content (AvgIpc) is 2.40. The van der Waals surface area contributed by atoms with Crippen LogP contribution in [0.3, 0.4) is 0 Å². The van der Waals surface area contributed by atoms with Crippen LogP contribution < -0.4 is 16.2 Å². The molecule has 19 heavy (non-hydrogen) atoms. The lowest BCUT2D eigenvalue weighted by Crippen LogP contribution is -2.12. The number of benzene rings is 1. The summed E-state index contributed by atoms with van der Waals surface area (Å²) >= 11 is 0. The van der Waals surface area contributed by atoms with Gasteiger partial charge in [-0.2, -0.15) is 5.11 Å². The average molecular weight is 259 g/mol. The number of rotatable bonds is 3. The number of likely N-dealkylation sites (N-methyl/N-ethyl adjacent to an activating group) is 1. The van der Waals surface area contributed by atoms with Gasteiger partial charge in [-0.25, -0.2) is 0 Å². The number of azo groups is 1. The van der Waals surface area contributed by atoms with Crippen molar-refractivity contribution in [3.63, 3.8) is 0 Å². The summed E-state index contributed by atoms with van der Waals surface area (Å²) in [6, 6.07) is 3.29. The zero-order valence-corrected chi connectivity index (χ0v) is 11.0. The van der Waals surface area contributed by atoms with Gasteiger partial charge >= 0.3 is 0 Å². The van der Waals surface area contributed by atoms with E-state index in [2.05, 4.69) is 10.2 Å². The summed E-state index contributed by atoms with van der Waals surface area (Å²) in [6.07, 6.45) is 5.81. The van der Waals surface area contributed by atoms with Crippen LogP contribution in [0.5, 0.6) is 5.75 Å². The van der Waals surface area contributed by atoms with Gasteiger partial charge in [0.2, 0.25) is 0 Å². The first-order valence-corrected chi connectivity index (χ1v) is 5.83. The largest absolute Gasteiger partial charge is 0.495 e. The molecule has 0 aliphatic carbocycles. The molecule has 0 saturated heterocycles. The molecule has 0 radical (unpaired) electrons. The number of allylic oxidation sites excluding steroid dienone is 1. The number of nitrogens with two attached hydrogens (primary N) is 2. The molecule has 0 aromatic heterocycles. The summed E-state index contributed by atoms with van der Waals surface area (Å²) in [6.45, 7) is 0.811. The van der Waals surface area contributed by atoms with E-state index in [0.29, 0.717) is 22.8 Å². The fraction of sp³-hybridized carbons (Fsp3) is 0.231. The highest BCUT2D eigenvalue weighted by Gasteiger charge is 2.06. The molecule has 0 bridgehead atoms. The van der Waals surface area contributed by atoms with Gasteiger partial charge in [-0.1, -0.05) is 0 Å². The van der Waals surface area contributed by atoms with Crippen molar-refractivity contribution in [1.29, 1.82) is 0 Å². The van der Waals surface area contributed by atoms with Crippen LogP contribution >= 0.6 is 0 Å². The second kappa shape index (κ2) is 5.43. The highest BCUT2D eigenvalue weighted by atomic mass is 16.5. The summed E-state index contributed by atoms with van der Waals surface area (Å²) in [5, 5.41) is 8.28. The van der Waals surface area contributed by atoms with E-state index in [9.17, 15) is 0 Å². The smallest absolute Gasteiger partial charge is 0.144 e. The van der Waals surface area contributed by atoms with Gasteiger partial charge in [0.25, 0.3) is 0 Å². The van der Waals surface area contributed by atoms with Crippen LogP contribution in [0.15, 0.2) is 46.4 Å². The van der Waals surface area contributed by atoms with Gasteiger partial charge in [0.15, 0.2) is 0 Å². The molecular weight excluding hydrogens is 242 g/mol. The minimum atomic E-state index is 0.472. The molecule has 6 nitrogen and oxygen atoms in total. The Kier molecular flexibility index (Phi) is 3.70. The maximum atomic E-state index is 5.85. The normalized spacial score (nSPS) is 14.8. The van der Waals surface area contributed by atoms with E-state index in [1.54, 1.807) is 19.2 Å². The molecule has 6 heteroatoms. The topological polar surface area (TPSA) is 89.2 Å². The molecule has 1 heterocycles. The molecule has 0 spiro atoms. The third kappa shape index (κ3) is 3.04. The molecule has 0 fully saturated rings. The van der Waals surface area contributed by atoms with E-state index in [1.807, 2.05) is 30.3 Å². The fourth-order valence-corrected chi connectivity index (χ4v) is 1.62. The summed E-state index contributed by atoms with van der Waals surface area (Å²) in [7, 11) is 3.54. The molecule has 2 rings (SSSR count). The predicted molar refractivity (Wildman–Crippen MR) is 76.2 cm³/mol. The maximum Gasteiger partial charge on any atom is 0.144 e. The number of methoxy groups -OCH3 is 1. The van der Waals surface area contributed by atoms with Crippen LogP contribution in [0.4, 0.5) is 17.1 Å². The molecule has 1 aromatic rings. The van der Waals surface area contributed by atoms with E-state index in [0.717, 1.165) is 12.2 Å². The maximum absolute atomic E-state index is 5.85. The SMILES string of the molecule is COc1cc(N=NC2=CCN(C)C=C2)c(N)cc1N. The lowest BCUT2D eigenvalue weighted by molar-refractivity contribution is 0.417. The van der Waals surface area contributed by atoms with Crippen LogP contribution in [0.2, 0.25) is 0 Å². The highest BCUT2D eigenvalue weighted by molar-refractivity contribution is 5.73. The summed E-state index contributed by atoms with van der Waals surface area (Å²) < 4.78 is 5.13. The van der Waals surface area contributed by atoms with Crippen LogP contribution in [0.25, 0.3) is 0 Å². The van der Waals surface area contributed by atoms with Crippen LogP contribution in [-0.4, -0.2) is 25.6 Å². The zero-order chi connectivity index (χ0) is 13.8. The van der Waals surface area contributed by atoms with Gasteiger partial charge in [0.1, 0.15) is 11.4 Å². The van der Waals surface area contributed by atoms with Crippen molar-refractivity contribution in [2.24, 2.45) is 10.2 Å². The van der Waals surface area contributed by atoms with E-state index >= 15 is 0 Å². The molecule has 0 saturated carbocycles. The second-order valence-electron chi connectivity index (χ2n) is 4.24. The first-order valence-electron chi connectivity index (χ1n) is 5.83. The summed E-state index contributed by atoms with van der Waals surface area (Å²) in [4.78, 5) is 2.04. The Morgan fingerprint density at radius 1 is 1.21 bits per heavy atom. The van der Waals surface area contributed by atoms with Gasteiger partial charge in [-0.05, 0) is 18.2 Å². The molecular formula is C13H17N5O. The Labute approximate surface area is 112 Å². The number of hydrogen-bond acceptors (Lipinski definition) is 6. The van der Waals surface area contributed by atoms with Gasteiger partial charge < -0.3 is 21.1 Å². The molecule has 100 valence electrons. The van der Waals surface area contributed by atoms with E-state index in [-0.39, 0.29) is 0 Å². The standard InChI is InChI=1S/C13H17N5O/c1-18-5-3-9(4-6-18)16-17-12-8-13(19-2)11(15)7-10(12)14/h3-5,7-8H,6,14-15H2,1-2H3. The first kappa shape index (κ1) is 12.9. The first-order chi connectivity index (χ1) is 9.10. The molecule has 1 aliphatic rings. The van der Waals surface area contributed by atoms with E-state index < -0.39 is 0 Å². The van der Waals surface area contributed by atoms with Gasteiger partial charge in [0.05, 0.1) is 24.2 Å². The summed E-state index contributed by atoms with van der Waals surface area (Å²) in [5.41, 5.74) is 13.9. The fourth-order valence-electron chi connectivity index (χ4n) is 1.62. The molecule has 0 amide bonds. The quantitative estimate of drug-likeness (QED) is 0.643. The molecule has 0 atom stereocenters. The van der Waals surface area contributed by atoms with Crippen LogP contribution in [0.1, 0.15) is 0 Å². The van der Waals surface area contributed by atoms with Crippen molar-refractivity contribution in [3.05, 3.63) is 36.2 Å². The van der Waals surface area contributed by atoms with Crippen molar-refractivity contribution in [1.82, 2.24) is 4.90 Å². The third-order valence-corrected chi connectivity index (χ3v) is 2.74. The number of anilines is 2. The minimum absolute atomic E-state index is 0.472. The molecule has 4 N–H and O–H groups in total.